The number of carbonyl (C=O) groups excluding carboxylic acids is 1. The zero-order chi connectivity index (χ0) is 23.5. The summed E-state index contributed by atoms with van der Waals surface area (Å²) in [6.45, 7) is -0.731. The van der Waals surface area contributed by atoms with Crippen LogP contribution in [0.25, 0.3) is 0 Å². The molecule has 0 aromatic heterocycles. The molecular formula is C21H15Cl2F3N2O3S. The van der Waals surface area contributed by atoms with Crippen molar-refractivity contribution in [2.75, 3.05) is 16.2 Å². The average Bonchev–Trinajstić information content (AvgIpc) is 2.74. The lowest BCUT2D eigenvalue weighted by Gasteiger charge is -2.25. The summed E-state index contributed by atoms with van der Waals surface area (Å²) in [6.07, 6.45) is -4.72. The van der Waals surface area contributed by atoms with Gasteiger partial charge in [-0.3, -0.25) is 9.10 Å². The van der Waals surface area contributed by atoms with Crippen molar-refractivity contribution < 1.29 is 26.4 Å². The summed E-state index contributed by atoms with van der Waals surface area (Å²) in [6, 6.07) is 16.2. The molecule has 3 aromatic carbocycles. The van der Waals surface area contributed by atoms with Crippen molar-refractivity contribution in [2.45, 2.75) is 11.1 Å². The number of para-hydroxylation sites is 1. The van der Waals surface area contributed by atoms with E-state index in [4.69, 9.17) is 23.2 Å². The molecule has 5 nitrogen and oxygen atoms in total. The second-order valence-corrected chi connectivity index (χ2v) is 9.19. The molecule has 32 heavy (non-hydrogen) atoms. The van der Waals surface area contributed by atoms with Crippen molar-refractivity contribution >= 4 is 50.5 Å². The van der Waals surface area contributed by atoms with Crippen molar-refractivity contribution in [2.24, 2.45) is 0 Å². The summed E-state index contributed by atoms with van der Waals surface area (Å²) >= 11 is 11.8. The first-order valence-corrected chi connectivity index (χ1v) is 11.2. The largest absolute Gasteiger partial charge is 0.417 e. The summed E-state index contributed by atoms with van der Waals surface area (Å²) < 4.78 is 66.5. The highest BCUT2D eigenvalue weighted by Crippen LogP contribution is 2.36. The van der Waals surface area contributed by atoms with E-state index in [-0.39, 0.29) is 21.3 Å². The topological polar surface area (TPSA) is 66.5 Å². The quantitative estimate of drug-likeness (QED) is 0.459. The van der Waals surface area contributed by atoms with Crippen LogP contribution in [-0.2, 0) is 21.0 Å². The third-order valence-corrected chi connectivity index (χ3v) is 6.72. The van der Waals surface area contributed by atoms with Gasteiger partial charge in [0.1, 0.15) is 6.54 Å². The van der Waals surface area contributed by atoms with Crippen LogP contribution < -0.4 is 9.62 Å². The lowest BCUT2D eigenvalue weighted by molar-refractivity contribution is -0.137. The summed E-state index contributed by atoms with van der Waals surface area (Å²) in [4.78, 5) is 12.6. The monoisotopic (exact) mass is 502 g/mol. The Morgan fingerprint density at radius 2 is 1.53 bits per heavy atom. The number of rotatable bonds is 6. The lowest BCUT2D eigenvalue weighted by Crippen LogP contribution is -2.38. The first kappa shape index (κ1) is 23.9. The van der Waals surface area contributed by atoms with Gasteiger partial charge in [0.25, 0.3) is 10.0 Å². The molecule has 0 radical (unpaired) electrons. The Bertz CT molecular complexity index is 1240. The highest BCUT2D eigenvalue weighted by Gasteiger charge is 2.34. The van der Waals surface area contributed by atoms with E-state index in [9.17, 15) is 26.4 Å². The van der Waals surface area contributed by atoms with Gasteiger partial charge in [-0.2, -0.15) is 13.2 Å². The van der Waals surface area contributed by atoms with Crippen LogP contribution >= 0.6 is 23.2 Å². The zero-order valence-corrected chi connectivity index (χ0v) is 18.4. The fraction of sp³-hybridized carbons (Fsp3) is 0.0952. The van der Waals surface area contributed by atoms with E-state index < -0.39 is 39.2 Å². The van der Waals surface area contributed by atoms with E-state index >= 15 is 0 Å². The number of hydrogen-bond donors (Lipinski definition) is 1. The molecule has 0 spiro atoms. The number of alkyl halides is 3. The van der Waals surface area contributed by atoms with E-state index in [1.54, 1.807) is 18.2 Å². The third kappa shape index (κ3) is 5.35. The van der Waals surface area contributed by atoms with Gasteiger partial charge in [0.05, 0.1) is 26.2 Å². The molecule has 0 unspecified atom stereocenters. The number of nitrogens with one attached hydrogen (secondary N) is 1. The molecule has 1 amide bonds. The van der Waals surface area contributed by atoms with E-state index in [1.165, 1.54) is 42.5 Å². The van der Waals surface area contributed by atoms with E-state index in [2.05, 4.69) is 5.32 Å². The number of sulfonamides is 1. The van der Waals surface area contributed by atoms with Crippen LogP contribution in [0.5, 0.6) is 0 Å². The van der Waals surface area contributed by atoms with Crippen LogP contribution in [0.3, 0.4) is 0 Å². The zero-order valence-electron chi connectivity index (χ0n) is 16.1. The highest BCUT2D eigenvalue weighted by atomic mass is 35.5. The number of hydrogen-bond acceptors (Lipinski definition) is 3. The highest BCUT2D eigenvalue weighted by molar-refractivity contribution is 7.92. The van der Waals surface area contributed by atoms with Crippen LogP contribution in [0.1, 0.15) is 5.56 Å². The third-order valence-electron chi connectivity index (χ3n) is 4.30. The SMILES string of the molecule is O=C(CN(c1ccccc1Cl)S(=O)(=O)c1ccccc1)Nc1ccc(Cl)c(C(F)(F)F)c1. The Morgan fingerprint density at radius 3 is 2.16 bits per heavy atom. The van der Waals surface area contributed by atoms with Crippen molar-refractivity contribution in [3.8, 4) is 0 Å². The van der Waals surface area contributed by atoms with Gasteiger partial charge in [-0.15, -0.1) is 0 Å². The van der Waals surface area contributed by atoms with Crippen molar-refractivity contribution in [1.82, 2.24) is 0 Å². The first-order valence-electron chi connectivity index (χ1n) is 8.99. The smallest absolute Gasteiger partial charge is 0.324 e. The Labute approximate surface area is 192 Å². The second-order valence-electron chi connectivity index (χ2n) is 6.52. The molecule has 0 atom stereocenters. The number of anilines is 2. The Balaban J connectivity index is 1.94. The fourth-order valence-electron chi connectivity index (χ4n) is 2.82. The predicted octanol–water partition coefficient (Wildman–Crippen LogP) is 5.85. The van der Waals surface area contributed by atoms with Crippen molar-refractivity contribution in [3.05, 3.63) is 88.4 Å². The summed E-state index contributed by atoms with van der Waals surface area (Å²) in [5, 5.41) is 1.82. The normalized spacial score (nSPS) is 11.8. The summed E-state index contributed by atoms with van der Waals surface area (Å²) in [5.41, 5.74) is -1.28. The Morgan fingerprint density at radius 1 is 0.906 bits per heavy atom. The van der Waals surface area contributed by atoms with Gasteiger partial charge >= 0.3 is 6.18 Å². The number of amides is 1. The minimum atomic E-state index is -4.72. The fourth-order valence-corrected chi connectivity index (χ4v) is 4.80. The van der Waals surface area contributed by atoms with Gasteiger partial charge < -0.3 is 5.32 Å². The first-order chi connectivity index (χ1) is 15.0. The van der Waals surface area contributed by atoms with Crippen molar-refractivity contribution in [1.29, 1.82) is 0 Å². The van der Waals surface area contributed by atoms with Crippen LogP contribution in [0.2, 0.25) is 10.0 Å². The molecule has 168 valence electrons. The van der Waals surface area contributed by atoms with Gasteiger partial charge in [0.2, 0.25) is 5.91 Å². The molecule has 0 saturated heterocycles. The van der Waals surface area contributed by atoms with Gasteiger partial charge in [0, 0.05) is 5.69 Å². The minimum absolute atomic E-state index is 0.0419. The number of benzene rings is 3. The standard InChI is InChI=1S/C21H15Cl2F3N2O3S/c22-17-11-10-14(12-16(17)21(24,25)26)27-20(29)13-28(19-9-5-4-8-18(19)23)32(30,31)15-6-2-1-3-7-15/h1-12H,13H2,(H,27,29). The van der Waals surface area contributed by atoms with Gasteiger partial charge in [-0.25, -0.2) is 8.42 Å². The van der Waals surface area contributed by atoms with E-state index in [1.807, 2.05) is 0 Å². The number of nitrogens with zero attached hydrogens (tertiary/aromatic N) is 1. The maximum Gasteiger partial charge on any atom is 0.417 e. The molecular weight excluding hydrogens is 488 g/mol. The molecule has 0 bridgehead atoms. The molecule has 3 aromatic rings. The molecule has 11 heteroatoms. The van der Waals surface area contributed by atoms with Crippen LogP contribution in [-0.4, -0.2) is 20.9 Å². The van der Waals surface area contributed by atoms with Gasteiger partial charge in [0.15, 0.2) is 0 Å². The maximum atomic E-state index is 13.2. The molecule has 3 rings (SSSR count). The molecule has 0 aliphatic rings. The second kappa shape index (κ2) is 9.40. The maximum absolute atomic E-state index is 13.2. The summed E-state index contributed by atoms with van der Waals surface area (Å²) in [7, 11) is -4.22. The molecule has 0 heterocycles. The molecule has 1 N–H and O–H groups in total. The van der Waals surface area contributed by atoms with Crippen LogP contribution in [0.15, 0.2) is 77.7 Å². The average molecular weight is 503 g/mol. The van der Waals surface area contributed by atoms with E-state index in [0.717, 1.165) is 10.4 Å². The Hall–Kier alpha value is -2.75. The molecule has 0 fully saturated rings. The van der Waals surface area contributed by atoms with Crippen molar-refractivity contribution in [3.63, 3.8) is 0 Å². The lowest BCUT2D eigenvalue weighted by atomic mass is 10.2. The number of halogens is 5. The van der Waals surface area contributed by atoms with E-state index in [0.29, 0.717) is 6.07 Å². The predicted molar refractivity (Wildman–Crippen MR) is 118 cm³/mol. The minimum Gasteiger partial charge on any atom is -0.324 e. The van der Waals surface area contributed by atoms with Crippen LogP contribution in [0.4, 0.5) is 24.5 Å². The summed E-state index contributed by atoms with van der Waals surface area (Å²) in [5.74, 6) is -0.875. The van der Waals surface area contributed by atoms with Gasteiger partial charge in [-0.1, -0.05) is 53.5 Å². The van der Waals surface area contributed by atoms with Gasteiger partial charge in [-0.05, 0) is 42.5 Å². The molecule has 0 aliphatic carbocycles. The number of carbonyl (C=O) groups is 1. The Kier molecular flexibility index (Phi) is 7.02. The molecule has 0 aliphatic heterocycles. The molecule has 0 saturated carbocycles. The van der Waals surface area contributed by atoms with Crippen LogP contribution in [0, 0.1) is 0 Å².